The summed E-state index contributed by atoms with van der Waals surface area (Å²) in [6.45, 7) is 5.35. The molecule has 3 nitrogen and oxygen atoms in total. The molecule has 0 bridgehead atoms. The Morgan fingerprint density at radius 1 is 1.47 bits per heavy atom. The molecule has 0 radical (unpaired) electrons. The Morgan fingerprint density at radius 3 is 3.00 bits per heavy atom. The maximum atomic E-state index is 5.51. The summed E-state index contributed by atoms with van der Waals surface area (Å²) >= 11 is 0. The molecule has 2 rings (SSSR count). The lowest BCUT2D eigenvalue weighted by Gasteiger charge is -2.28. The third-order valence-electron chi connectivity index (χ3n) is 3.25. The maximum absolute atomic E-state index is 5.51. The first-order valence-corrected chi connectivity index (χ1v) is 5.79. The minimum absolute atomic E-state index is 0.399. The summed E-state index contributed by atoms with van der Waals surface area (Å²) < 4.78 is 5.41. The van der Waals surface area contributed by atoms with E-state index in [1.807, 2.05) is 0 Å². The van der Waals surface area contributed by atoms with Crippen molar-refractivity contribution in [3.05, 3.63) is 17.0 Å². The fourth-order valence-electron chi connectivity index (χ4n) is 2.26. The Bertz CT molecular complexity index is 341. The van der Waals surface area contributed by atoms with Crippen molar-refractivity contribution in [3.63, 3.8) is 0 Å². The van der Waals surface area contributed by atoms with Crippen LogP contribution in [0.4, 0.5) is 0 Å². The van der Waals surface area contributed by atoms with Gasteiger partial charge < -0.3 is 10.3 Å². The summed E-state index contributed by atoms with van der Waals surface area (Å²) in [6, 6.07) is 0. The topological polar surface area (TPSA) is 52.0 Å². The van der Waals surface area contributed by atoms with Gasteiger partial charge in [-0.1, -0.05) is 19.0 Å². The predicted octanol–water partition coefficient (Wildman–Crippen LogP) is 2.08. The van der Waals surface area contributed by atoms with E-state index in [2.05, 4.69) is 19.0 Å². The van der Waals surface area contributed by atoms with Crippen molar-refractivity contribution in [1.29, 1.82) is 0 Å². The molecule has 2 N–H and O–H groups in total. The molecule has 3 heteroatoms. The van der Waals surface area contributed by atoms with Crippen LogP contribution in [0, 0.1) is 5.41 Å². The molecule has 0 saturated heterocycles. The lowest BCUT2D eigenvalue weighted by molar-refractivity contribution is 0.313. The van der Waals surface area contributed by atoms with Crippen molar-refractivity contribution in [3.8, 4) is 0 Å². The van der Waals surface area contributed by atoms with Gasteiger partial charge in [-0.15, -0.1) is 0 Å². The second-order valence-corrected chi connectivity index (χ2v) is 5.26. The highest BCUT2D eigenvalue weighted by Gasteiger charge is 2.29. The van der Waals surface area contributed by atoms with E-state index in [9.17, 15) is 0 Å². The highest BCUT2D eigenvalue weighted by Crippen LogP contribution is 2.36. The zero-order chi connectivity index (χ0) is 10.9. The van der Waals surface area contributed by atoms with Crippen molar-refractivity contribution in [1.82, 2.24) is 5.16 Å². The van der Waals surface area contributed by atoms with Crippen LogP contribution >= 0.6 is 0 Å². The molecule has 1 aliphatic rings. The monoisotopic (exact) mass is 208 g/mol. The van der Waals surface area contributed by atoms with Crippen LogP contribution in [-0.4, -0.2) is 11.7 Å². The molecule has 0 spiro atoms. The Balaban J connectivity index is 2.18. The second kappa shape index (κ2) is 3.97. The Labute approximate surface area is 91.0 Å². The van der Waals surface area contributed by atoms with Gasteiger partial charge in [-0.3, -0.25) is 0 Å². The van der Waals surface area contributed by atoms with Crippen molar-refractivity contribution in [2.24, 2.45) is 11.1 Å². The molecule has 0 aromatic carbocycles. The Hall–Kier alpha value is -0.830. The maximum Gasteiger partial charge on any atom is 0.140 e. The van der Waals surface area contributed by atoms with Crippen molar-refractivity contribution < 1.29 is 4.52 Å². The van der Waals surface area contributed by atoms with E-state index in [1.165, 1.54) is 17.7 Å². The molecule has 0 aliphatic heterocycles. The standard InChI is InChI=1S/C12H20N2O/c1-12(2)6-5-10-9(8-12)11(15-14-10)4-3-7-13/h3-8,13H2,1-2H3. The summed E-state index contributed by atoms with van der Waals surface area (Å²) in [5, 5.41) is 4.16. The normalized spacial score (nSPS) is 18.9. The quantitative estimate of drug-likeness (QED) is 0.827. The molecule has 1 heterocycles. The van der Waals surface area contributed by atoms with Crippen LogP contribution in [0.25, 0.3) is 0 Å². The average molecular weight is 208 g/mol. The summed E-state index contributed by atoms with van der Waals surface area (Å²) in [5.41, 5.74) is 8.45. The Morgan fingerprint density at radius 2 is 2.27 bits per heavy atom. The van der Waals surface area contributed by atoms with Crippen LogP contribution in [0.2, 0.25) is 0 Å². The number of nitrogens with zero attached hydrogens (tertiary/aromatic N) is 1. The summed E-state index contributed by atoms with van der Waals surface area (Å²) in [6.07, 6.45) is 5.31. The zero-order valence-electron chi connectivity index (χ0n) is 9.68. The lowest BCUT2D eigenvalue weighted by Crippen LogP contribution is -2.22. The minimum Gasteiger partial charge on any atom is -0.361 e. The summed E-state index contributed by atoms with van der Waals surface area (Å²) in [7, 11) is 0. The number of hydrogen-bond donors (Lipinski definition) is 1. The Kier molecular flexibility index (Phi) is 2.83. The molecule has 0 unspecified atom stereocenters. The SMILES string of the molecule is CC1(C)CCc2noc(CCCN)c2C1. The van der Waals surface area contributed by atoms with Gasteiger partial charge in [0.1, 0.15) is 5.76 Å². The fourth-order valence-corrected chi connectivity index (χ4v) is 2.26. The first-order chi connectivity index (χ1) is 7.12. The van der Waals surface area contributed by atoms with Crippen LogP contribution in [-0.2, 0) is 19.3 Å². The highest BCUT2D eigenvalue weighted by atomic mass is 16.5. The van der Waals surface area contributed by atoms with E-state index >= 15 is 0 Å². The number of hydrogen-bond acceptors (Lipinski definition) is 3. The third-order valence-corrected chi connectivity index (χ3v) is 3.25. The lowest BCUT2D eigenvalue weighted by atomic mass is 9.76. The van der Waals surface area contributed by atoms with Gasteiger partial charge in [0.25, 0.3) is 0 Å². The molecule has 1 aromatic rings. The molecule has 0 amide bonds. The number of nitrogens with two attached hydrogens (primary N) is 1. The molecule has 0 atom stereocenters. The van der Waals surface area contributed by atoms with Crippen LogP contribution in [0.3, 0.4) is 0 Å². The summed E-state index contributed by atoms with van der Waals surface area (Å²) in [5.74, 6) is 1.07. The fraction of sp³-hybridized carbons (Fsp3) is 0.750. The molecule has 1 aromatic heterocycles. The second-order valence-electron chi connectivity index (χ2n) is 5.26. The van der Waals surface area contributed by atoms with Gasteiger partial charge in [-0.25, -0.2) is 0 Å². The molecule has 1 aliphatic carbocycles. The van der Waals surface area contributed by atoms with Gasteiger partial charge in [0.15, 0.2) is 0 Å². The molecular formula is C12H20N2O. The first-order valence-electron chi connectivity index (χ1n) is 5.79. The van der Waals surface area contributed by atoms with Crippen LogP contribution in [0.1, 0.15) is 43.7 Å². The van der Waals surface area contributed by atoms with E-state index < -0.39 is 0 Å². The van der Waals surface area contributed by atoms with Gasteiger partial charge in [0.05, 0.1) is 5.69 Å². The minimum atomic E-state index is 0.399. The third kappa shape index (κ3) is 2.23. The largest absolute Gasteiger partial charge is 0.361 e. The molecule has 84 valence electrons. The number of fused-ring (bicyclic) bond motifs is 1. The van der Waals surface area contributed by atoms with Crippen molar-refractivity contribution >= 4 is 0 Å². The van der Waals surface area contributed by atoms with E-state index in [1.54, 1.807) is 0 Å². The van der Waals surface area contributed by atoms with Gasteiger partial charge >= 0.3 is 0 Å². The average Bonchev–Trinajstić information content (AvgIpc) is 2.56. The zero-order valence-corrected chi connectivity index (χ0v) is 9.68. The van der Waals surface area contributed by atoms with Crippen LogP contribution in [0.15, 0.2) is 4.52 Å². The number of rotatable bonds is 3. The summed E-state index contributed by atoms with van der Waals surface area (Å²) in [4.78, 5) is 0. The molecular weight excluding hydrogens is 188 g/mol. The van der Waals surface area contributed by atoms with E-state index in [0.29, 0.717) is 5.41 Å². The predicted molar refractivity (Wildman–Crippen MR) is 59.7 cm³/mol. The van der Waals surface area contributed by atoms with Crippen LogP contribution in [0.5, 0.6) is 0 Å². The molecule has 0 fully saturated rings. The van der Waals surface area contributed by atoms with E-state index in [4.69, 9.17) is 10.3 Å². The first kappa shape index (κ1) is 10.7. The molecule has 0 saturated carbocycles. The van der Waals surface area contributed by atoms with Gasteiger partial charge in [-0.05, 0) is 37.6 Å². The number of aryl methyl sites for hydroxylation is 2. The van der Waals surface area contributed by atoms with Gasteiger partial charge in [-0.2, -0.15) is 0 Å². The highest BCUT2D eigenvalue weighted by molar-refractivity contribution is 5.27. The smallest absolute Gasteiger partial charge is 0.140 e. The number of aromatic nitrogens is 1. The molecule has 15 heavy (non-hydrogen) atoms. The van der Waals surface area contributed by atoms with Crippen molar-refractivity contribution in [2.45, 2.75) is 46.0 Å². The van der Waals surface area contributed by atoms with Crippen molar-refractivity contribution in [2.75, 3.05) is 6.54 Å². The van der Waals surface area contributed by atoms with E-state index in [0.717, 1.165) is 38.0 Å². The van der Waals surface area contributed by atoms with Gasteiger partial charge in [0.2, 0.25) is 0 Å². The van der Waals surface area contributed by atoms with Crippen LogP contribution < -0.4 is 5.73 Å². The van der Waals surface area contributed by atoms with Gasteiger partial charge in [0, 0.05) is 12.0 Å². The van der Waals surface area contributed by atoms with E-state index in [-0.39, 0.29) is 0 Å².